The molecule has 0 aliphatic heterocycles. The van der Waals surface area contributed by atoms with Crippen molar-refractivity contribution in [2.45, 2.75) is 27.3 Å². The summed E-state index contributed by atoms with van der Waals surface area (Å²) < 4.78 is 0. The second kappa shape index (κ2) is 3.70. The summed E-state index contributed by atoms with van der Waals surface area (Å²) in [6.45, 7) is 7.40. The van der Waals surface area contributed by atoms with Gasteiger partial charge in [-0.2, -0.15) is 0 Å². The van der Waals surface area contributed by atoms with E-state index in [0.717, 1.165) is 6.54 Å². The molecule has 0 fully saturated rings. The lowest BCUT2D eigenvalue weighted by atomic mass is 10.1. The van der Waals surface area contributed by atoms with Gasteiger partial charge in [0.05, 0.1) is 0 Å². The van der Waals surface area contributed by atoms with Crippen LogP contribution < -0.4 is 5.32 Å². The van der Waals surface area contributed by atoms with E-state index >= 15 is 0 Å². The molecule has 0 saturated carbocycles. The Morgan fingerprint density at radius 1 is 1.20 bits per heavy atom. The lowest BCUT2D eigenvalue weighted by Crippen LogP contribution is -2.06. The Morgan fingerprint density at radius 3 is 2.60 bits per heavy atom. The van der Waals surface area contributed by atoms with E-state index in [1.54, 1.807) is 0 Å². The van der Waals surface area contributed by atoms with Gasteiger partial charge in [-0.15, -0.1) is 0 Å². The van der Waals surface area contributed by atoms with Gasteiger partial charge in [0.2, 0.25) is 0 Å². The molecule has 15 heavy (non-hydrogen) atoms. The molecule has 0 spiro atoms. The summed E-state index contributed by atoms with van der Waals surface area (Å²) in [6, 6.07) is 4.48. The van der Waals surface area contributed by atoms with Gasteiger partial charge in [-0.25, -0.2) is 0 Å². The van der Waals surface area contributed by atoms with E-state index in [-0.39, 0.29) is 0 Å². The fourth-order valence-corrected chi connectivity index (χ4v) is 2.19. The maximum Gasteiger partial charge on any atom is 0.0489 e. The topological polar surface area (TPSA) is 27.8 Å². The second-order valence-corrected chi connectivity index (χ2v) is 4.26. The normalized spacial score (nSPS) is 11.2. The number of rotatable bonds is 2. The Bertz CT molecular complexity index is 495. The molecule has 1 aromatic heterocycles. The number of H-pyrrole nitrogens is 1. The van der Waals surface area contributed by atoms with Crippen LogP contribution in [0.5, 0.6) is 0 Å². The van der Waals surface area contributed by atoms with E-state index in [1.165, 1.54) is 33.3 Å². The van der Waals surface area contributed by atoms with Gasteiger partial charge >= 0.3 is 0 Å². The summed E-state index contributed by atoms with van der Waals surface area (Å²) in [6.07, 6.45) is 0. The van der Waals surface area contributed by atoms with Crippen LogP contribution in [0.4, 0.5) is 0 Å². The minimum Gasteiger partial charge on any atom is -0.357 e. The summed E-state index contributed by atoms with van der Waals surface area (Å²) in [7, 11) is 1.98. The monoisotopic (exact) mass is 202 g/mol. The minimum atomic E-state index is 0.902. The van der Waals surface area contributed by atoms with Crippen molar-refractivity contribution in [1.82, 2.24) is 10.3 Å². The standard InChI is InChI=1S/C13H18N2/c1-8-5-9(2)13-11(6-8)10(3)12(15-13)7-14-4/h5-6,14-15H,7H2,1-4H3. The molecule has 2 aromatic rings. The second-order valence-electron chi connectivity index (χ2n) is 4.26. The van der Waals surface area contributed by atoms with E-state index in [2.05, 4.69) is 43.2 Å². The molecule has 1 heterocycles. The maximum atomic E-state index is 3.50. The van der Waals surface area contributed by atoms with Gasteiger partial charge in [0.25, 0.3) is 0 Å². The SMILES string of the molecule is CNCc1[nH]c2c(C)cc(C)cc2c1C. The van der Waals surface area contributed by atoms with Gasteiger partial charge in [-0.1, -0.05) is 11.6 Å². The lowest BCUT2D eigenvalue weighted by molar-refractivity contribution is 0.794. The zero-order valence-corrected chi connectivity index (χ0v) is 9.86. The van der Waals surface area contributed by atoms with Gasteiger partial charge in [0, 0.05) is 23.1 Å². The molecule has 0 amide bonds. The molecule has 2 rings (SSSR count). The maximum absolute atomic E-state index is 3.50. The van der Waals surface area contributed by atoms with Crippen LogP contribution in [-0.4, -0.2) is 12.0 Å². The van der Waals surface area contributed by atoms with Gasteiger partial charge in [-0.3, -0.25) is 0 Å². The van der Waals surface area contributed by atoms with Gasteiger partial charge in [0.1, 0.15) is 0 Å². The Morgan fingerprint density at radius 2 is 1.93 bits per heavy atom. The molecular weight excluding hydrogens is 184 g/mol. The van der Waals surface area contributed by atoms with Crippen LogP contribution in [0.15, 0.2) is 12.1 Å². The summed E-state index contributed by atoms with van der Waals surface area (Å²) in [5, 5.41) is 4.55. The number of hydrogen-bond acceptors (Lipinski definition) is 1. The largest absolute Gasteiger partial charge is 0.357 e. The zero-order chi connectivity index (χ0) is 11.0. The Hall–Kier alpha value is -1.28. The number of hydrogen-bond donors (Lipinski definition) is 2. The van der Waals surface area contributed by atoms with Crippen LogP contribution in [0, 0.1) is 20.8 Å². The quantitative estimate of drug-likeness (QED) is 0.770. The van der Waals surface area contributed by atoms with Crippen LogP contribution in [0.2, 0.25) is 0 Å². The third kappa shape index (κ3) is 1.65. The highest BCUT2D eigenvalue weighted by Crippen LogP contribution is 2.25. The van der Waals surface area contributed by atoms with Crippen molar-refractivity contribution in [1.29, 1.82) is 0 Å². The molecule has 0 atom stereocenters. The van der Waals surface area contributed by atoms with Crippen molar-refractivity contribution >= 4 is 10.9 Å². The van der Waals surface area contributed by atoms with E-state index in [0.29, 0.717) is 0 Å². The van der Waals surface area contributed by atoms with Crippen LogP contribution in [-0.2, 0) is 6.54 Å². The number of aromatic amines is 1. The smallest absolute Gasteiger partial charge is 0.0489 e. The van der Waals surface area contributed by atoms with Gasteiger partial charge in [0.15, 0.2) is 0 Å². The van der Waals surface area contributed by atoms with E-state index in [4.69, 9.17) is 0 Å². The lowest BCUT2D eigenvalue weighted by Gasteiger charge is -1.99. The predicted octanol–water partition coefficient (Wildman–Crippen LogP) is 2.81. The van der Waals surface area contributed by atoms with Crippen LogP contribution >= 0.6 is 0 Å². The summed E-state index contributed by atoms with van der Waals surface area (Å²) >= 11 is 0. The molecule has 1 aromatic carbocycles. The van der Waals surface area contributed by atoms with Crippen molar-refractivity contribution in [3.63, 3.8) is 0 Å². The first-order chi connectivity index (χ1) is 7.13. The first-order valence-corrected chi connectivity index (χ1v) is 5.36. The van der Waals surface area contributed by atoms with Crippen LogP contribution in [0.3, 0.4) is 0 Å². The summed E-state index contributed by atoms with van der Waals surface area (Å²) in [5.74, 6) is 0. The molecule has 2 heteroatoms. The van der Waals surface area contributed by atoms with Gasteiger partial charge in [-0.05, 0) is 45.0 Å². The minimum absolute atomic E-state index is 0.902. The average molecular weight is 202 g/mol. The van der Waals surface area contributed by atoms with Crippen molar-refractivity contribution in [2.75, 3.05) is 7.05 Å². The van der Waals surface area contributed by atoms with Crippen molar-refractivity contribution in [3.05, 3.63) is 34.5 Å². The fourth-order valence-electron chi connectivity index (χ4n) is 2.19. The number of benzene rings is 1. The Kier molecular flexibility index (Phi) is 2.53. The first-order valence-electron chi connectivity index (χ1n) is 5.36. The molecule has 0 aliphatic rings. The molecule has 0 aliphatic carbocycles. The molecule has 0 radical (unpaired) electrons. The molecule has 0 saturated heterocycles. The number of fused-ring (bicyclic) bond motifs is 1. The molecule has 0 unspecified atom stereocenters. The van der Waals surface area contributed by atoms with Crippen LogP contribution in [0.1, 0.15) is 22.4 Å². The number of nitrogens with one attached hydrogen (secondary N) is 2. The molecule has 80 valence electrons. The van der Waals surface area contributed by atoms with E-state index in [1.807, 2.05) is 7.05 Å². The third-order valence-electron chi connectivity index (χ3n) is 2.97. The van der Waals surface area contributed by atoms with Crippen molar-refractivity contribution in [3.8, 4) is 0 Å². The van der Waals surface area contributed by atoms with Gasteiger partial charge < -0.3 is 10.3 Å². The molecule has 2 N–H and O–H groups in total. The first kappa shape index (κ1) is 10.2. The average Bonchev–Trinajstić information content (AvgIpc) is 2.47. The molecular formula is C13H18N2. The summed E-state index contributed by atoms with van der Waals surface area (Å²) in [5.41, 5.74) is 6.60. The Balaban J connectivity index is 2.70. The zero-order valence-electron chi connectivity index (χ0n) is 9.86. The van der Waals surface area contributed by atoms with Crippen LogP contribution in [0.25, 0.3) is 10.9 Å². The fraction of sp³-hybridized carbons (Fsp3) is 0.385. The molecule has 0 bridgehead atoms. The highest BCUT2D eigenvalue weighted by atomic mass is 14.9. The number of aryl methyl sites for hydroxylation is 3. The van der Waals surface area contributed by atoms with E-state index in [9.17, 15) is 0 Å². The predicted molar refractivity (Wildman–Crippen MR) is 65.3 cm³/mol. The molecule has 2 nitrogen and oxygen atoms in total. The number of aromatic nitrogens is 1. The van der Waals surface area contributed by atoms with E-state index < -0.39 is 0 Å². The summed E-state index contributed by atoms with van der Waals surface area (Å²) in [4.78, 5) is 3.50. The van der Waals surface area contributed by atoms with Crippen molar-refractivity contribution in [2.24, 2.45) is 0 Å². The highest BCUT2D eigenvalue weighted by molar-refractivity contribution is 5.87. The third-order valence-corrected chi connectivity index (χ3v) is 2.97. The van der Waals surface area contributed by atoms with Crippen molar-refractivity contribution < 1.29 is 0 Å². The Labute approximate surface area is 90.7 Å². The highest BCUT2D eigenvalue weighted by Gasteiger charge is 2.08.